The van der Waals surface area contributed by atoms with E-state index in [-0.39, 0.29) is 23.4 Å². The van der Waals surface area contributed by atoms with Crippen LogP contribution < -0.4 is 10.6 Å². The van der Waals surface area contributed by atoms with Gasteiger partial charge in [0.15, 0.2) is 11.4 Å². The molecule has 0 saturated carbocycles. The monoisotopic (exact) mass is 496 g/mol. The average molecular weight is 497 g/mol. The summed E-state index contributed by atoms with van der Waals surface area (Å²) in [6.45, 7) is 1.44. The van der Waals surface area contributed by atoms with Crippen molar-refractivity contribution in [2.45, 2.75) is 11.9 Å². The lowest BCUT2D eigenvalue weighted by Crippen LogP contribution is -2.18. The molecule has 2 amide bonds. The maximum atomic E-state index is 12.9. The molecule has 0 spiro atoms. The number of anilines is 2. The second-order valence-corrected chi connectivity index (χ2v) is 8.87. The highest BCUT2D eigenvalue weighted by atomic mass is 32.2. The van der Waals surface area contributed by atoms with Crippen LogP contribution in [0.3, 0.4) is 0 Å². The maximum Gasteiger partial charge on any atom is 0.255 e. The van der Waals surface area contributed by atoms with Gasteiger partial charge in [0.25, 0.3) is 5.91 Å². The Bertz CT molecular complexity index is 1620. The van der Waals surface area contributed by atoms with Crippen LogP contribution in [0.2, 0.25) is 0 Å². The number of benzene rings is 3. The molecule has 3 aromatic carbocycles. The first-order valence-corrected chi connectivity index (χ1v) is 12.0. The van der Waals surface area contributed by atoms with Gasteiger partial charge in [0.2, 0.25) is 5.91 Å². The number of rotatable bonds is 7. The van der Waals surface area contributed by atoms with Gasteiger partial charge >= 0.3 is 0 Å². The number of nitrogens with zero attached hydrogens (tertiary/aromatic N) is 4. The van der Waals surface area contributed by atoms with Crippen LogP contribution in [0, 0.1) is 0 Å². The van der Waals surface area contributed by atoms with Crippen LogP contribution in [0.1, 0.15) is 27.6 Å². The van der Waals surface area contributed by atoms with Crippen molar-refractivity contribution in [1.29, 1.82) is 0 Å². The number of thioether (sulfide) groups is 1. The van der Waals surface area contributed by atoms with Crippen molar-refractivity contribution in [1.82, 2.24) is 19.6 Å². The highest BCUT2D eigenvalue weighted by molar-refractivity contribution is 8.00. The van der Waals surface area contributed by atoms with Crippen LogP contribution in [0.5, 0.6) is 0 Å². The quantitative estimate of drug-likeness (QED) is 0.252. The molecule has 10 heteroatoms. The van der Waals surface area contributed by atoms with E-state index in [1.54, 1.807) is 48.8 Å². The van der Waals surface area contributed by atoms with Gasteiger partial charge in [-0.05, 0) is 49.4 Å². The highest BCUT2D eigenvalue weighted by Gasteiger charge is 2.16. The predicted molar refractivity (Wildman–Crippen MR) is 138 cm³/mol. The largest absolute Gasteiger partial charge is 0.324 e. The number of hydrogen-bond donors (Lipinski definition) is 2. The molecular formula is C26H20N6O3S. The minimum atomic E-state index is -0.330. The van der Waals surface area contributed by atoms with E-state index in [1.165, 1.54) is 18.7 Å². The zero-order valence-corrected chi connectivity index (χ0v) is 20.0. The Labute approximate surface area is 210 Å². The fourth-order valence-corrected chi connectivity index (χ4v) is 4.43. The Morgan fingerprint density at radius 1 is 0.889 bits per heavy atom. The van der Waals surface area contributed by atoms with Gasteiger partial charge in [-0.1, -0.05) is 42.1 Å². The molecule has 36 heavy (non-hydrogen) atoms. The summed E-state index contributed by atoms with van der Waals surface area (Å²) in [5.41, 5.74) is 3.78. The van der Waals surface area contributed by atoms with E-state index in [4.69, 9.17) is 0 Å². The van der Waals surface area contributed by atoms with Crippen LogP contribution in [-0.4, -0.2) is 42.9 Å². The number of aromatic nitrogens is 4. The summed E-state index contributed by atoms with van der Waals surface area (Å²) >= 11 is 1.22. The molecule has 0 atom stereocenters. The number of Topliss-reactive ketones (excluding diaryl/α,β-unsaturated/α-hetero) is 1. The molecule has 0 bridgehead atoms. The summed E-state index contributed by atoms with van der Waals surface area (Å²) < 4.78 is 1.83. The first-order valence-electron chi connectivity index (χ1n) is 11.0. The first-order chi connectivity index (χ1) is 17.5. The number of carbonyl (C=O) groups excluding carboxylic acids is 3. The van der Waals surface area contributed by atoms with E-state index >= 15 is 0 Å². The third kappa shape index (κ3) is 4.80. The maximum absolute atomic E-state index is 12.9. The SMILES string of the molecule is CC(=O)c1ccc(NC(=O)c2ccccc2)c(NC(=O)CSc2nc3ccccc3n3cnnc23)c1. The lowest BCUT2D eigenvalue weighted by Gasteiger charge is -2.14. The van der Waals surface area contributed by atoms with Gasteiger partial charge in [-0.3, -0.25) is 18.8 Å². The standard InChI is InChI=1S/C26H20N6O3S/c1-16(33)18-11-12-19(29-25(35)17-7-3-2-4-8-17)21(13-18)28-23(34)14-36-26-24-31-27-15-32(24)22-10-6-5-9-20(22)30-26/h2-13,15H,14H2,1H3,(H,28,34)(H,29,35). The van der Waals surface area contributed by atoms with Crippen molar-refractivity contribution in [2.24, 2.45) is 0 Å². The topological polar surface area (TPSA) is 118 Å². The summed E-state index contributed by atoms with van der Waals surface area (Å²) in [6, 6.07) is 21.1. The van der Waals surface area contributed by atoms with Gasteiger partial charge in [-0.2, -0.15) is 0 Å². The van der Waals surface area contributed by atoms with Crippen LogP contribution in [-0.2, 0) is 4.79 Å². The van der Waals surface area contributed by atoms with Crippen LogP contribution >= 0.6 is 11.8 Å². The Morgan fingerprint density at radius 2 is 1.67 bits per heavy atom. The molecule has 0 aliphatic heterocycles. The Morgan fingerprint density at radius 3 is 2.47 bits per heavy atom. The Balaban J connectivity index is 1.36. The lowest BCUT2D eigenvalue weighted by atomic mass is 10.1. The predicted octanol–water partition coefficient (Wildman–Crippen LogP) is 4.46. The Kier molecular flexibility index (Phi) is 6.42. The van der Waals surface area contributed by atoms with E-state index in [1.807, 2.05) is 34.7 Å². The van der Waals surface area contributed by atoms with Crippen molar-refractivity contribution in [3.05, 3.63) is 90.3 Å². The number of amides is 2. The molecule has 2 aromatic heterocycles. The van der Waals surface area contributed by atoms with Crippen molar-refractivity contribution < 1.29 is 14.4 Å². The number of fused-ring (bicyclic) bond motifs is 3. The Hall–Kier alpha value is -4.57. The number of para-hydroxylation sites is 2. The first kappa shape index (κ1) is 23.2. The third-order valence-corrected chi connectivity index (χ3v) is 6.38. The molecule has 0 fully saturated rings. The molecule has 2 N–H and O–H groups in total. The summed E-state index contributed by atoms with van der Waals surface area (Å²) in [5.74, 6) is -0.783. The van der Waals surface area contributed by atoms with Crippen LogP contribution in [0.15, 0.2) is 84.1 Å². The van der Waals surface area contributed by atoms with Gasteiger partial charge < -0.3 is 10.6 Å². The van der Waals surface area contributed by atoms with E-state index in [0.717, 1.165) is 11.0 Å². The van der Waals surface area contributed by atoms with Crippen molar-refractivity contribution in [2.75, 3.05) is 16.4 Å². The van der Waals surface area contributed by atoms with E-state index < -0.39 is 0 Å². The van der Waals surface area contributed by atoms with Gasteiger partial charge in [0.1, 0.15) is 11.4 Å². The molecule has 0 aliphatic rings. The second-order valence-electron chi connectivity index (χ2n) is 7.90. The van der Waals surface area contributed by atoms with E-state index in [0.29, 0.717) is 33.2 Å². The lowest BCUT2D eigenvalue weighted by molar-refractivity contribution is -0.113. The zero-order valence-electron chi connectivity index (χ0n) is 19.1. The van der Waals surface area contributed by atoms with Gasteiger partial charge in [0.05, 0.1) is 28.2 Å². The molecule has 0 saturated heterocycles. The average Bonchev–Trinajstić information content (AvgIpc) is 3.39. The molecule has 0 aliphatic carbocycles. The fraction of sp³-hybridized carbons (Fsp3) is 0.0769. The molecule has 0 unspecified atom stereocenters. The molecule has 5 aromatic rings. The van der Waals surface area contributed by atoms with Crippen molar-refractivity contribution in [3.63, 3.8) is 0 Å². The number of hydrogen-bond acceptors (Lipinski definition) is 7. The van der Waals surface area contributed by atoms with Crippen LogP contribution in [0.4, 0.5) is 11.4 Å². The van der Waals surface area contributed by atoms with Crippen molar-refractivity contribution >= 4 is 57.4 Å². The molecule has 178 valence electrons. The number of carbonyl (C=O) groups is 3. The number of ketones is 1. The minimum Gasteiger partial charge on any atom is -0.324 e. The minimum absolute atomic E-state index is 0.0320. The normalized spacial score (nSPS) is 10.9. The van der Waals surface area contributed by atoms with Gasteiger partial charge in [0, 0.05) is 11.1 Å². The van der Waals surface area contributed by atoms with E-state index in [9.17, 15) is 14.4 Å². The summed E-state index contributed by atoms with van der Waals surface area (Å²) in [5, 5.41) is 14.3. The third-order valence-electron chi connectivity index (χ3n) is 5.43. The molecule has 2 heterocycles. The van der Waals surface area contributed by atoms with Crippen molar-refractivity contribution in [3.8, 4) is 0 Å². The molecule has 9 nitrogen and oxygen atoms in total. The zero-order chi connectivity index (χ0) is 25.1. The van der Waals surface area contributed by atoms with E-state index in [2.05, 4.69) is 25.8 Å². The summed E-state index contributed by atoms with van der Waals surface area (Å²) in [4.78, 5) is 42.1. The fourth-order valence-electron chi connectivity index (χ4n) is 3.66. The smallest absolute Gasteiger partial charge is 0.255 e. The summed E-state index contributed by atoms with van der Waals surface area (Å²) in [6.07, 6.45) is 1.61. The second kappa shape index (κ2) is 9.96. The van der Waals surface area contributed by atoms with Gasteiger partial charge in [-0.15, -0.1) is 10.2 Å². The van der Waals surface area contributed by atoms with Crippen LogP contribution in [0.25, 0.3) is 16.7 Å². The summed E-state index contributed by atoms with van der Waals surface area (Å²) in [7, 11) is 0. The molecular weight excluding hydrogens is 476 g/mol. The molecule has 0 radical (unpaired) electrons. The highest BCUT2D eigenvalue weighted by Crippen LogP contribution is 2.27. The van der Waals surface area contributed by atoms with Gasteiger partial charge in [-0.25, -0.2) is 4.98 Å². The molecule has 5 rings (SSSR count). The number of nitrogens with one attached hydrogen (secondary N) is 2.